The third-order valence-corrected chi connectivity index (χ3v) is 7.34. The second-order valence-electron chi connectivity index (χ2n) is 6.87. The average molecular weight is 493 g/mol. The number of anilines is 2. The Bertz CT molecular complexity index is 1320. The van der Waals surface area contributed by atoms with Gasteiger partial charge in [-0.2, -0.15) is 4.72 Å². The van der Waals surface area contributed by atoms with Gasteiger partial charge in [0.2, 0.25) is 15.9 Å². The van der Waals surface area contributed by atoms with Crippen LogP contribution in [0.3, 0.4) is 0 Å². The summed E-state index contributed by atoms with van der Waals surface area (Å²) in [7, 11) is -7.93. The number of amides is 1. The van der Waals surface area contributed by atoms with E-state index in [0.717, 1.165) is 24.3 Å². The maximum absolute atomic E-state index is 13.1. The fourth-order valence-corrected chi connectivity index (χ4v) is 5.04. The summed E-state index contributed by atoms with van der Waals surface area (Å²) in [6, 6.07) is 13.3. The molecule has 1 amide bonds. The number of carbonyl (C=O) groups is 1. The third kappa shape index (κ3) is 6.34. The first kappa shape index (κ1) is 24.3. The van der Waals surface area contributed by atoms with Crippen LogP contribution in [0.1, 0.15) is 13.3 Å². The van der Waals surface area contributed by atoms with Crippen molar-refractivity contribution in [2.45, 2.75) is 29.2 Å². The zero-order chi connectivity index (χ0) is 24.1. The van der Waals surface area contributed by atoms with Crippen LogP contribution >= 0.6 is 0 Å². The minimum Gasteiger partial charge on any atom is -0.325 e. The van der Waals surface area contributed by atoms with Gasteiger partial charge in [0.05, 0.1) is 9.79 Å². The van der Waals surface area contributed by atoms with Crippen LogP contribution in [-0.4, -0.2) is 33.8 Å². The van der Waals surface area contributed by atoms with Crippen molar-refractivity contribution >= 4 is 37.5 Å². The fraction of sp³-hybridized carbons (Fsp3) is 0.143. The third-order valence-electron chi connectivity index (χ3n) is 4.48. The maximum atomic E-state index is 13.1. The lowest BCUT2D eigenvalue weighted by atomic mass is 10.2. The molecule has 174 valence electrons. The predicted octanol–water partition coefficient (Wildman–Crippen LogP) is 2.72. The highest BCUT2D eigenvalue weighted by atomic mass is 32.2. The van der Waals surface area contributed by atoms with E-state index in [-0.39, 0.29) is 27.7 Å². The summed E-state index contributed by atoms with van der Waals surface area (Å²) in [6.07, 6.45) is 1.59. The van der Waals surface area contributed by atoms with E-state index in [4.69, 9.17) is 0 Å². The zero-order valence-corrected chi connectivity index (χ0v) is 19.0. The molecule has 3 N–H and O–H groups in total. The number of nitrogens with one attached hydrogen (secondary N) is 3. The lowest BCUT2D eigenvalue weighted by molar-refractivity contribution is -0.117. The highest BCUT2D eigenvalue weighted by Crippen LogP contribution is 2.18. The SMILES string of the molecule is CCC(NS(=O)(=O)c1ccc(F)cc1)C(=O)Nc1ccc(S(=O)(=O)Nc2ccccn2)cc1. The Hall–Kier alpha value is -3.35. The molecule has 0 aliphatic heterocycles. The van der Waals surface area contributed by atoms with Crippen molar-refractivity contribution in [1.29, 1.82) is 0 Å². The molecule has 12 heteroatoms. The van der Waals surface area contributed by atoms with Gasteiger partial charge in [0.25, 0.3) is 10.0 Å². The van der Waals surface area contributed by atoms with Crippen molar-refractivity contribution < 1.29 is 26.0 Å². The van der Waals surface area contributed by atoms with Crippen molar-refractivity contribution in [3.63, 3.8) is 0 Å². The van der Waals surface area contributed by atoms with Crippen molar-refractivity contribution in [3.8, 4) is 0 Å². The zero-order valence-electron chi connectivity index (χ0n) is 17.4. The van der Waals surface area contributed by atoms with Crippen LogP contribution < -0.4 is 14.8 Å². The number of benzene rings is 2. The van der Waals surface area contributed by atoms with E-state index < -0.39 is 37.8 Å². The molecule has 33 heavy (non-hydrogen) atoms. The molecule has 0 aliphatic rings. The summed E-state index contributed by atoms with van der Waals surface area (Å²) in [5.74, 6) is -1.06. The number of halogens is 1. The van der Waals surface area contributed by atoms with Crippen LogP contribution in [0.15, 0.2) is 82.7 Å². The Morgan fingerprint density at radius 1 is 0.909 bits per heavy atom. The number of pyridine rings is 1. The van der Waals surface area contributed by atoms with Gasteiger partial charge in [0.15, 0.2) is 0 Å². The summed E-state index contributed by atoms with van der Waals surface area (Å²) in [5.41, 5.74) is 0.274. The molecule has 0 saturated carbocycles. The van der Waals surface area contributed by atoms with Crippen molar-refractivity contribution in [3.05, 3.63) is 78.7 Å². The molecule has 0 radical (unpaired) electrons. The summed E-state index contributed by atoms with van der Waals surface area (Å²) in [4.78, 5) is 16.3. The molecule has 9 nitrogen and oxygen atoms in total. The number of hydrogen-bond acceptors (Lipinski definition) is 6. The highest BCUT2D eigenvalue weighted by molar-refractivity contribution is 7.92. The van der Waals surface area contributed by atoms with E-state index in [9.17, 15) is 26.0 Å². The maximum Gasteiger partial charge on any atom is 0.263 e. The molecule has 0 saturated heterocycles. The van der Waals surface area contributed by atoms with Crippen LogP contribution in [0, 0.1) is 5.82 Å². The van der Waals surface area contributed by atoms with Crippen molar-refractivity contribution in [1.82, 2.24) is 9.71 Å². The van der Waals surface area contributed by atoms with Crippen LogP contribution in [0.4, 0.5) is 15.9 Å². The molecule has 3 rings (SSSR count). The number of rotatable bonds is 9. The molecule has 0 spiro atoms. The van der Waals surface area contributed by atoms with E-state index in [2.05, 4.69) is 19.7 Å². The molecule has 0 aliphatic carbocycles. The number of aromatic nitrogens is 1. The first-order chi connectivity index (χ1) is 15.6. The number of carbonyl (C=O) groups excluding carboxylic acids is 1. The van der Waals surface area contributed by atoms with Gasteiger partial charge in [0, 0.05) is 11.9 Å². The molecular formula is C21H21FN4O5S2. The van der Waals surface area contributed by atoms with Gasteiger partial charge >= 0.3 is 0 Å². The van der Waals surface area contributed by atoms with Crippen LogP contribution in [-0.2, 0) is 24.8 Å². The second-order valence-corrected chi connectivity index (χ2v) is 10.3. The van der Waals surface area contributed by atoms with E-state index in [1.165, 1.54) is 36.5 Å². The Morgan fingerprint density at radius 3 is 2.09 bits per heavy atom. The first-order valence-corrected chi connectivity index (χ1v) is 12.7. The lowest BCUT2D eigenvalue weighted by Crippen LogP contribution is -2.43. The number of hydrogen-bond donors (Lipinski definition) is 3. The summed E-state index contributed by atoms with van der Waals surface area (Å²) in [5, 5.41) is 2.55. The molecule has 1 unspecified atom stereocenters. The average Bonchev–Trinajstić information content (AvgIpc) is 2.78. The topological polar surface area (TPSA) is 134 Å². The quantitative estimate of drug-likeness (QED) is 0.420. The number of nitrogens with zero attached hydrogens (tertiary/aromatic N) is 1. The van der Waals surface area contributed by atoms with E-state index in [1.54, 1.807) is 19.1 Å². The Kier molecular flexibility index (Phi) is 7.41. The van der Waals surface area contributed by atoms with Gasteiger partial charge in [-0.1, -0.05) is 13.0 Å². The molecule has 2 aromatic carbocycles. The van der Waals surface area contributed by atoms with Crippen LogP contribution in [0.5, 0.6) is 0 Å². The molecular weight excluding hydrogens is 471 g/mol. The van der Waals surface area contributed by atoms with E-state index in [0.29, 0.717) is 0 Å². The summed E-state index contributed by atoms with van der Waals surface area (Å²) in [6.45, 7) is 1.62. The Balaban J connectivity index is 1.68. The standard InChI is InChI=1S/C21H21FN4O5S2/c1-2-19(25-32(28,29)17-10-6-15(22)7-11-17)21(27)24-16-8-12-18(13-9-16)33(30,31)26-20-5-3-4-14-23-20/h3-14,19,25H,2H2,1H3,(H,23,26)(H,24,27). The van der Waals surface area contributed by atoms with E-state index >= 15 is 0 Å². The van der Waals surface area contributed by atoms with Gasteiger partial charge in [-0.3, -0.25) is 9.52 Å². The number of sulfonamides is 2. The lowest BCUT2D eigenvalue weighted by Gasteiger charge is -2.17. The normalized spacial score (nSPS) is 12.7. The molecule has 1 heterocycles. The van der Waals surface area contributed by atoms with Gasteiger partial charge in [0.1, 0.15) is 17.7 Å². The summed E-state index contributed by atoms with van der Waals surface area (Å²) < 4.78 is 67.6. The Labute approximate surface area is 191 Å². The molecule has 1 atom stereocenters. The van der Waals surface area contributed by atoms with Crippen LogP contribution in [0.2, 0.25) is 0 Å². The minimum absolute atomic E-state index is 0.0461. The Morgan fingerprint density at radius 2 is 1.52 bits per heavy atom. The highest BCUT2D eigenvalue weighted by Gasteiger charge is 2.24. The van der Waals surface area contributed by atoms with Crippen LogP contribution in [0.25, 0.3) is 0 Å². The fourth-order valence-electron chi connectivity index (χ4n) is 2.76. The van der Waals surface area contributed by atoms with E-state index in [1.807, 2.05) is 0 Å². The molecule has 0 fully saturated rings. The van der Waals surface area contributed by atoms with Gasteiger partial charge in [-0.25, -0.2) is 26.2 Å². The molecule has 3 aromatic rings. The smallest absolute Gasteiger partial charge is 0.263 e. The molecule has 0 bridgehead atoms. The summed E-state index contributed by atoms with van der Waals surface area (Å²) >= 11 is 0. The van der Waals surface area contributed by atoms with Crippen molar-refractivity contribution in [2.24, 2.45) is 0 Å². The van der Waals surface area contributed by atoms with Crippen molar-refractivity contribution in [2.75, 3.05) is 10.0 Å². The largest absolute Gasteiger partial charge is 0.325 e. The van der Waals surface area contributed by atoms with Gasteiger partial charge in [-0.15, -0.1) is 0 Å². The first-order valence-electron chi connectivity index (χ1n) is 9.73. The van der Waals surface area contributed by atoms with Gasteiger partial charge in [-0.05, 0) is 67.1 Å². The molecule has 1 aromatic heterocycles. The second kappa shape index (κ2) is 10.1. The predicted molar refractivity (Wildman–Crippen MR) is 121 cm³/mol. The minimum atomic E-state index is -4.05. The monoisotopic (exact) mass is 492 g/mol. The van der Waals surface area contributed by atoms with Gasteiger partial charge < -0.3 is 5.32 Å².